The summed E-state index contributed by atoms with van der Waals surface area (Å²) in [5, 5.41) is 4.17. The van der Waals surface area contributed by atoms with Crippen LogP contribution in [0.4, 0.5) is 0 Å². The molecule has 0 radical (unpaired) electrons. The molecule has 0 aliphatic carbocycles. The Morgan fingerprint density at radius 2 is 1.94 bits per heavy atom. The van der Waals surface area contributed by atoms with Gasteiger partial charge in [0.1, 0.15) is 17.9 Å². The lowest BCUT2D eigenvalue weighted by Gasteiger charge is -2.14. The van der Waals surface area contributed by atoms with Crippen LogP contribution >= 0.6 is 0 Å². The predicted molar refractivity (Wildman–Crippen MR) is 67.6 cm³/mol. The lowest BCUT2D eigenvalue weighted by atomic mass is 9.92. The highest BCUT2D eigenvalue weighted by Crippen LogP contribution is 2.13. The monoisotopic (exact) mass is 237 g/mol. The largest absolute Gasteiger partial charge is 0.299 e. The van der Waals surface area contributed by atoms with E-state index in [1.165, 1.54) is 6.33 Å². The van der Waals surface area contributed by atoms with Crippen molar-refractivity contribution < 1.29 is 4.79 Å². The van der Waals surface area contributed by atoms with Gasteiger partial charge in [-0.1, -0.05) is 34.6 Å². The number of carbonyl (C=O) groups is 1. The molecule has 0 saturated heterocycles. The van der Waals surface area contributed by atoms with E-state index in [0.29, 0.717) is 18.3 Å². The average molecular weight is 237 g/mol. The van der Waals surface area contributed by atoms with E-state index in [4.69, 9.17) is 0 Å². The van der Waals surface area contributed by atoms with Crippen molar-refractivity contribution in [2.45, 2.75) is 47.6 Å². The molecule has 0 aliphatic heterocycles. The van der Waals surface area contributed by atoms with Crippen LogP contribution in [-0.2, 0) is 17.8 Å². The summed E-state index contributed by atoms with van der Waals surface area (Å²) in [7, 11) is 0. The molecule has 17 heavy (non-hydrogen) atoms. The number of nitrogens with zero attached hydrogens (tertiary/aromatic N) is 3. The van der Waals surface area contributed by atoms with E-state index in [-0.39, 0.29) is 11.7 Å². The second-order valence-corrected chi connectivity index (χ2v) is 5.43. The van der Waals surface area contributed by atoms with E-state index >= 15 is 0 Å². The number of ketones is 1. The molecule has 96 valence electrons. The third-order valence-corrected chi connectivity index (χ3v) is 3.07. The standard InChI is InChI=1S/C13H23N3O/c1-9(2)7-16-13(14-8-15-16)6-12(17)11(5)10(3)4/h8-11H,6-7H2,1-5H3. The van der Waals surface area contributed by atoms with Crippen LogP contribution < -0.4 is 0 Å². The maximum absolute atomic E-state index is 12.0. The van der Waals surface area contributed by atoms with Crippen molar-refractivity contribution in [2.75, 3.05) is 0 Å². The van der Waals surface area contributed by atoms with Crippen molar-refractivity contribution in [2.24, 2.45) is 17.8 Å². The van der Waals surface area contributed by atoms with Gasteiger partial charge < -0.3 is 0 Å². The molecule has 0 aromatic carbocycles. The van der Waals surface area contributed by atoms with Crippen LogP contribution in [0, 0.1) is 17.8 Å². The SMILES string of the molecule is CC(C)Cn1ncnc1CC(=O)C(C)C(C)C. The van der Waals surface area contributed by atoms with Crippen LogP contribution in [0.2, 0.25) is 0 Å². The van der Waals surface area contributed by atoms with E-state index in [2.05, 4.69) is 37.8 Å². The average Bonchev–Trinajstić information content (AvgIpc) is 2.63. The minimum atomic E-state index is 0.0826. The normalized spacial score (nSPS) is 13.4. The quantitative estimate of drug-likeness (QED) is 0.763. The van der Waals surface area contributed by atoms with E-state index in [9.17, 15) is 4.79 Å². The Morgan fingerprint density at radius 1 is 1.29 bits per heavy atom. The van der Waals surface area contributed by atoms with Gasteiger partial charge in [-0.05, 0) is 11.8 Å². The van der Waals surface area contributed by atoms with Gasteiger partial charge in [-0.3, -0.25) is 4.79 Å². The lowest BCUT2D eigenvalue weighted by Crippen LogP contribution is -2.21. The molecule has 0 aliphatic rings. The van der Waals surface area contributed by atoms with Gasteiger partial charge in [0.25, 0.3) is 0 Å². The number of carbonyl (C=O) groups excluding carboxylic acids is 1. The number of aromatic nitrogens is 3. The van der Waals surface area contributed by atoms with E-state index in [1.807, 2.05) is 11.6 Å². The molecule has 1 atom stereocenters. The van der Waals surface area contributed by atoms with E-state index < -0.39 is 0 Å². The Kier molecular flexibility index (Phi) is 4.85. The molecule has 1 heterocycles. The zero-order valence-electron chi connectivity index (χ0n) is 11.5. The molecule has 0 amide bonds. The third-order valence-electron chi connectivity index (χ3n) is 3.07. The third kappa shape index (κ3) is 3.95. The van der Waals surface area contributed by atoms with Crippen LogP contribution in [0.5, 0.6) is 0 Å². The van der Waals surface area contributed by atoms with Gasteiger partial charge in [-0.15, -0.1) is 0 Å². The lowest BCUT2D eigenvalue weighted by molar-refractivity contribution is -0.123. The Labute approximate surface area is 103 Å². The Morgan fingerprint density at radius 3 is 2.47 bits per heavy atom. The molecular formula is C13H23N3O. The van der Waals surface area contributed by atoms with Gasteiger partial charge in [0.15, 0.2) is 0 Å². The fraction of sp³-hybridized carbons (Fsp3) is 0.769. The summed E-state index contributed by atoms with van der Waals surface area (Å²) in [6, 6.07) is 0. The molecule has 0 spiro atoms. The van der Waals surface area contributed by atoms with Crippen LogP contribution in [0.15, 0.2) is 6.33 Å². The molecule has 1 unspecified atom stereocenters. The first kappa shape index (κ1) is 13.9. The summed E-state index contributed by atoms with van der Waals surface area (Å²) < 4.78 is 1.84. The smallest absolute Gasteiger partial charge is 0.143 e. The van der Waals surface area contributed by atoms with Crippen molar-refractivity contribution in [3.63, 3.8) is 0 Å². The highest BCUT2D eigenvalue weighted by atomic mass is 16.1. The summed E-state index contributed by atoms with van der Waals surface area (Å²) in [4.78, 5) is 16.2. The first-order chi connectivity index (χ1) is 7.91. The van der Waals surface area contributed by atoms with E-state index in [1.54, 1.807) is 0 Å². The molecule has 1 rings (SSSR count). The summed E-state index contributed by atoms with van der Waals surface area (Å²) >= 11 is 0. The van der Waals surface area contributed by atoms with Gasteiger partial charge in [0.05, 0.1) is 6.42 Å². The molecule has 4 heteroatoms. The molecule has 1 aromatic heterocycles. The maximum Gasteiger partial charge on any atom is 0.143 e. The van der Waals surface area contributed by atoms with Crippen molar-refractivity contribution in [1.82, 2.24) is 14.8 Å². The zero-order chi connectivity index (χ0) is 13.0. The van der Waals surface area contributed by atoms with Gasteiger partial charge in [-0.2, -0.15) is 5.10 Å². The Hall–Kier alpha value is -1.19. The second kappa shape index (κ2) is 5.94. The van der Waals surface area contributed by atoms with Crippen molar-refractivity contribution in [3.05, 3.63) is 12.2 Å². The minimum absolute atomic E-state index is 0.0826. The fourth-order valence-corrected chi connectivity index (χ4v) is 1.61. The number of hydrogen-bond donors (Lipinski definition) is 0. The predicted octanol–water partition coefficient (Wildman–Crippen LogP) is 2.34. The Bertz CT molecular complexity index is 368. The van der Waals surface area contributed by atoms with Crippen molar-refractivity contribution >= 4 is 5.78 Å². The second-order valence-electron chi connectivity index (χ2n) is 5.43. The fourth-order valence-electron chi connectivity index (χ4n) is 1.61. The maximum atomic E-state index is 12.0. The van der Waals surface area contributed by atoms with Crippen molar-refractivity contribution in [3.8, 4) is 0 Å². The van der Waals surface area contributed by atoms with Crippen LogP contribution in [0.25, 0.3) is 0 Å². The molecule has 0 saturated carbocycles. The van der Waals surface area contributed by atoms with Crippen LogP contribution in [-0.4, -0.2) is 20.5 Å². The van der Waals surface area contributed by atoms with Gasteiger partial charge >= 0.3 is 0 Å². The number of hydrogen-bond acceptors (Lipinski definition) is 3. The highest BCUT2D eigenvalue weighted by molar-refractivity contribution is 5.82. The summed E-state index contributed by atoms with van der Waals surface area (Å²) in [5.41, 5.74) is 0. The summed E-state index contributed by atoms with van der Waals surface area (Å²) in [6.45, 7) is 11.2. The number of rotatable bonds is 6. The van der Waals surface area contributed by atoms with Crippen LogP contribution in [0.3, 0.4) is 0 Å². The van der Waals surface area contributed by atoms with Crippen molar-refractivity contribution in [1.29, 1.82) is 0 Å². The van der Waals surface area contributed by atoms with Gasteiger partial charge in [0.2, 0.25) is 0 Å². The summed E-state index contributed by atoms with van der Waals surface area (Å²) in [6.07, 6.45) is 1.93. The molecule has 4 nitrogen and oxygen atoms in total. The first-order valence-corrected chi connectivity index (χ1v) is 6.31. The van der Waals surface area contributed by atoms with Gasteiger partial charge in [-0.25, -0.2) is 9.67 Å². The number of Topliss-reactive ketones (excluding diaryl/α,β-unsaturated/α-hetero) is 1. The Balaban J connectivity index is 2.68. The summed E-state index contributed by atoms with van der Waals surface area (Å²) in [5.74, 6) is 2.01. The topological polar surface area (TPSA) is 47.8 Å². The zero-order valence-corrected chi connectivity index (χ0v) is 11.5. The molecule has 0 bridgehead atoms. The molecule has 1 aromatic rings. The molecule has 0 N–H and O–H groups in total. The first-order valence-electron chi connectivity index (χ1n) is 6.31. The minimum Gasteiger partial charge on any atom is -0.299 e. The highest BCUT2D eigenvalue weighted by Gasteiger charge is 2.19. The van der Waals surface area contributed by atoms with Gasteiger partial charge in [0, 0.05) is 12.5 Å². The van der Waals surface area contributed by atoms with Crippen LogP contribution in [0.1, 0.15) is 40.4 Å². The van der Waals surface area contributed by atoms with E-state index in [0.717, 1.165) is 12.4 Å². The molecular weight excluding hydrogens is 214 g/mol. The molecule has 0 fully saturated rings.